The fourth-order valence-electron chi connectivity index (χ4n) is 0.985. The van der Waals surface area contributed by atoms with E-state index in [2.05, 4.69) is 13.2 Å². The van der Waals surface area contributed by atoms with E-state index in [1.54, 1.807) is 19.1 Å². The Morgan fingerprint density at radius 1 is 1.54 bits per heavy atom. The third kappa shape index (κ3) is 3.45. The number of hydrogen-bond donors (Lipinski definition) is 0. The number of allylic oxidation sites excluding steroid dienone is 1. The van der Waals surface area contributed by atoms with Crippen LogP contribution in [0.25, 0.3) is 0 Å². The molecule has 1 atom stereocenters. The Labute approximate surface area is 80.3 Å². The summed E-state index contributed by atoms with van der Waals surface area (Å²) in [5.41, 5.74) is -0.565. The summed E-state index contributed by atoms with van der Waals surface area (Å²) in [6, 6.07) is 0. The Hall–Kier alpha value is -1.05. The molecule has 0 aliphatic carbocycles. The summed E-state index contributed by atoms with van der Waals surface area (Å²) >= 11 is 0. The lowest BCUT2D eigenvalue weighted by molar-refractivity contribution is -0.151. The van der Waals surface area contributed by atoms with Crippen LogP contribution in [0.4, 0.5) is 0 Å². The van der Waals surface area contributed by atoms with Crippen LogP contribution in [0.2, 0.25) is 0 Å². The maximum atomic E-state index is 11.5. The van der Waals surface area contributed by atoms with Crippen molar-refractivity contribution in [3.8, 4) is 0 Å². The molecule has 2 nitrogen and oxygen atoms in total. The first-order valence-electron chi connectivity index (χ1n) is 4.52. The zero-order valence-electron chi connectivity index (χ0n) is 8.51. The second kappa shape index (κ2) is 5.57. The normalized spacial score (nSPS) is 14.3. The van der Waals surface area contributed by atoms with E-state index in [1.165, 1.54) is 0 Å². The number of carbonyl (C=O) groups excluding carboxylic acids is 1. The molecule has 0 saturated carbocycles. The first-order valence-corrected chi connectivity index (χ1v) is 4.52. The minimum absolute atomic E-state index is 0.202. The van der Waals surface area contributed by atoms with Crippen molar-refractivity contribution in [3.63, 3.8) is 0 Å². The third-order valence-electron chi connectivity index (χ3n) is 2.06. The maximum absolute atomic E-state index is 11.5. The molecule has 0 aliphatic rings. The van der Waals surface area contributed by atoms with Crippen molar-refractivity contribution in [3.05, 3.63) is 25.3 Å². The fourth-order valence-corrected chi connectivity index (χ4v) is 0.985. The lowest BCUT2D eigenvalue weighted by Gasteiger charge is -2.22. The van der Waals surface area contributed by atoms with Gasteiger partial charge in [0, 0.05) is 0 Å². The molecule has 0 amide bonds. The van der Waals surface area contributed by atoms with Gasteiger partial charge < -0.3 is 4.74 Å². The molecule has 0 aliphatic heterocycles. The molecule has 74 valence electrons. The Morgan fingerprint density at radius 3 is 2.54 bits per heavy atom. The van der Waals surface area contributed by atoms with Gasteiger partial charge >= 0.3 is 5.97 Å². The molecule has 0 fully saturated rings. The molecule has 0 bridgehead atoms. The molecular formula is C11H18O2. The highest BCUT2D eigenvalue weighted by atomic mass is 16.5. The van der Waals surface area contributed by atoms with Gasteiger partial charge in [-0.2, -0.15) is 0 Å². The van der Waals surface area contributed by atoms with Gasteiger partial charge in [0.2, 0.25) is 0 Å². The Kier molecular flexibility index (Phi) is 5.12. The van der Waals surface area contributed by atoms with E-state index in [4.69, 9.17) is 4.74 Å². The summed E-state index contributed by atoms with van der Waals surface area (Å²) in [4.78, 5) is 11.5. The minimum Gasteiger partial charge on any atom is -0.465 e. The van der Waals surface area contributed by atoms with E-state index in [0.717, 1.165) is 6.42 Å². The van der Waals surface area contributed by atoms with E-state index in [0.29, 0.717) is 13.0 Å². The fraction of sp³-hybridized carbons (Fsp3) is 0.545. The Morgan fingerprint density at radius 2 is 2.15 bits per heavy atom. The largest absolute Gasteiger partial charge is 0.465 e. The standard InChI is InChI=1S/C11H18O2/c1-5-8-9-11(4,6-2)10(12)13-7-3/h5-6H,1-2,7-9H2,3-4H3. The van der Waals surface area contributed by atoms with Crippen LogP contribution in [0.3, 0.4) is 0 Å². The predicted molar refractivity (Wildman–Crippen MR) is 54.4 cm³/mol. The Balaban J connectivity index is 4.32. The molecule has 0 spiro atoms. The summed E-state index contributed by atoms with van der Waals surface area (Å²) in [5.74, 6) is -0.202. The summed E-state index contributed by atoms with van der Waals surface area (Å²) in [6.07, 6.45) is 4.94. The number of hydrogen-bond acceptors (Lipinski definition) is 2. The van der Waals surface area contributed by atoms with Crippen LogP contribution in [0.15, 0.2) is 25.3 Å². The molecule has 2 heteroatoms. The third-order valence-corrected chi connectivity index (χ3v) is 2.06. The van der Waals surface area contributed by atoms with Crippen molar-refractivity contribution in [2.24, 2.45) is 5.41 Å². The molecule has 0 aromatic heterocycles. The van der Waals surface area contributed by atoms with Gasteiger partial charge in [0.15, 0.2) is 0 Å². The van der Waals surface area contributed by atoms with Crippen molar-refractivity contribution in [2.45, 2.75) is 26.7 Å². The van der Waals surface area contributed by atoms with Crippen LogP contribution in [-0.2, 0) is 9.53 Å². The zero-order chi connectivity index (χ0) is 10.3. The maximum Gasteiger partial charge on any atom is 0.315 e. The molecule has 0 heterocycles. The van der Waals surface area contributed by atoms with Gasteiger partial charge in [-0.3, -0.25) is 4.79 Å². The highest BCUT2D eigenvalue weighted by Gasteiger charge is 2.30. The van der Waals surface area contributed by atoms with Crippen molar-refractivity contribution >= 4 is 5.97 Å². The van der Waals surface area contributed by atoms with Crippen molar-refractivity contribution in [1.82, 2.24) is 0 Å². The molecule has 1 unspecified atom stereocenters. The summed E-state index contributed by atoms with van der Waals surface area (Å²) in [7, 11) is 0. The molecule has 0 aromatic rings. The number of esters is 1. The van der Waals surface area contributed by atoms with Gasteiger partial charge in [-0.1, -0.05) is 12.2 Å². The van der Waals surface area contributed by atoms with Gasteiger partial charge in [-0.15, -0.1) is 13.2 Å². The predicted octanol–water partition coefficient (Wildman–Crippen LogP) is 2.71. The van der Waals surface area contributed by atoms with E-state index in [9.17, 15) is 4.79 Å². The summed E-state index contributed by atoms with van der Waals surface area (Å²) < 4.78 is 4.95. The first kappa shape index (κ1) is 11.9. The van der Waals surface area contributed by atoms with Crippen LogP contribution in [0.5, 0.6) is 0 Å². The van der Waals surface area contributed by atoms with Crippen LogP contribution < -0.4 is 0 Å². The van der Waals surface area contributed by atoms with Crippen molar-refractivity contribution < 1.29 is 9.53 Å². The quantitative estimate of drug-likeness (QED) is 0.466. The second-order valence-corrected chi connectivity index (χ2v) is 3.17. The summed E-state index contributed by atoms with van der Waals surface area (Å²) in [5, 5.41) is 0. The van der Waals surface area contributed by atoms with Crippen LogP contribution >= 0.6 is 0 Å². The molecule has 0 rings (SSSR count). The van der Waals surface area contributed by atoms with Gasteiger partial charge in [-0.25, -0.2) is 0 Å². The van der Waals surface area contributed by atoms with Gasteiger partial charge in [-0.05, 0) is 26.7 Å². The molecule has 0 aromatic carbocycles. The van der Waals surface area contributed by atoms with E-state index >= 15 is 0 Å². The smallest absolute Gasteiger partial charge is 0.315 e. The van der Waals surface area contributed by atoms with E-state index in [1.807, 2.05) is 6.92 Å². The highest BCUT2D eigenvalue weighted by Crippen LogP contribution is 2.26. The van der Waals surface area contributed by atoms with Crippen molar-refractivity contribution in [1.29, 1.82) is 0 Å². The summed E-state index contributed by atoms with van der Waals surface area (Å²) in [6.45, 7) is 11.3. The molecule has 13 heavy (non-hydrogen) atoms. The van der Waals surface area contributed by atoms with Gasteiger partial charge in [0.05, 0.1) is 12.0 Å². The molecular weight excluding hydrogens is 164 g/mol. The minimum atomic E-state index is -0.565. The van der Waals surface area contributed by atoms with E-state index in [-0.39, 0.29) is 5.97 Å². The Bertz CT molecular complexity index is 196. The molecule has 0 radical (unpaired) electrons. The number of rotatable bonds is 6. The van der Waals surface area contributed by atoms with Gasteiger partial charge in [0.1, 0.15) is 0 Å². The molecule has 0 saturated heterocycles. The monoisotopic (exact) mass is 182 g/mol. The topological polar surface area (TPSA) is 26.3 Å². The first-order chi connectivity index (χ1) is 6.10. The van der Waals surface area contributed by atoms with Crippen molar-refractivity contribution in [2.75, 3.05) is 6.61 Å². The average Bonchev–Trinajstić information content (AvgIpc) is 2.14. The SMILES string of the molecule is C=CCCC(C)(C=C)C(=O)OCC. The van der Waals surface area contributed by atoms with Crippen LogP contribution in [0, 0.1) is 5.41 Å². The number of carbonyl (C=O) groups is 1. The average molecular weight is 182 g/mol. The highest BCUT2D eigenvalue weighted by molar-refractivity contribution is 5.78. The second-order valence-electron chi connectivity index (χ2n) is 3.17. The lowest BCUT2D eigenvalue weighted by Crippen LogP contribution is -2.27. The molecule has 0 N–H and O–H groups in total. The zero-order valence-corrected chi connectivity index (χ0v) is 8.51. The number of ether oxygens (including phenoxy) is 1. The lowest BCUT2D eigenvalue weighted by atomic mass is 9.86. The van der Waals surface area contributed by atoms with Crippen LogP contribution in [-0.4, -0.2) is 12.6 Å². The van der Waals surface area contributed by atoms with E-state index < -0.39 is 5.41 Å². The van der Waals surface area contributed by atoms with Crippen LogP contribution in [0.1, 0.15) is 26.7 Å². The van der Waals surface area contributed by atoms with Gasteiger partial charge in [0.25, 0.3) is 0 Å².